The number of hydrogen-bond acceptors (Lipinski definition) is 5. The maximum atomic E-state index is 14.8. The minimum absolute atomic E-state index is 0.101. The first-order valence-corrected chi connectivity index (χ1v) is 11.1. The highest BCUT2D eigenvalue weighted by atomic mass is 19.1. The van der Waals surface area contributed by atoms with Gasteiger partial charge in [0.25, 0.3) is 11.7 Å². The van der Waals surface area contributed by atoms with E-state index < -0.39 is 23.5 Å². The molecule has 1 saturated heterocycles. The molecule has 1 aliphatic heterocycles. The van der Waals surface area contributed by atoms with Crippen LogP contribution in [0.25, 0.3) is 5.76 Å². The van der Waals surface area contributed by atoms with Crippen LogP contribution in [-0.2, 0) is 9.59 Å². The highest BCUT2D eigenvalue weighted by Gasteiger charge is 2.46. The van der Waals surface area contributed by atoms with E-state index in [1.165, 1.54) is 11.0 Å². The topological polar surface area (TPSA) is 70.1 Å². The van der Waals surface area contributed by atoms with Crippen LogP contribution in [0.4, 0.5) is 4.39 Å². The van der Waals surface area contributed by atoms with Gasteiger partial charge in [0, 0.05) is 24.2 Å². The molecule has 7 heteroatoms. The van der Waals surface area contributed by atoms with E-state index >= 15 is 0 Å². The molecule has 1 aliphatic rings. The number of carbonyl (C=O) groups excluding carboxylic acids is 2. The Labute approximate surface area is 194 Å². The molecule has 0 aliphatic carbocycles. The Hall–Kier alpha value is -3.19. The third-order valence-corrected chi connectivity index (χ3v) is 5.73. The molecule has 1 fully saturated rings. The van der Waals surface area contributed by atoms with Gasteiger partial charge in [0.15, 0.2) is 0 Å². The quantitative estimate of drug-likeness (QED) is 0.365. The van der Waals surface area contributed by atoms with Crippen molar-refractivity contribution in [3.05, 3.63) is 70.5 Å². The van der Waals surface area contributed by atoms with E-state index in [2.05, 4.69) is 0 Å². The molecule has 1 atom stereocenters. The van der Waals surface area contributed by atoms with Crippen LogP contribution in [0.1, 0.15) is 49.4 Å². The van der Waals surface area contributed by atoms with Gasteiger partial charge in [-0.05, 0) is 56.8 Å². The Morgan fingerprint density at radius 2 is 1.88 bits per heavy atom. The van der Waals surface area contributed by atoms with Gasteiger partial charge in [-0.2, -0.15) is 0 Å². The van der Waals surface area contributed by atoms with Crippen LogP contribution in [0.15, 0.2) is 48.0 Å². The first-order chi connectivity index (χ1) is 15.7. The molecule has 1 amide bonds. The average Bonchev–Trinajstić information content (AvgIpc) is 3.02. The number of likely N-dealkylation sites (N-methyl/N-ethyl adjacent to an activating group) is 1. The molecule has 1 unspecified atom stereocenters. The summed E-state index contributed by atoms with van der Waals surface area (Å²) in [5, 5.41) is 11.3. The van der Waals surface area contributed by atoms with Crippen LogP contribution >= 0.6 is 0 Å². The first kappa shape index (κ1) is 24.5. The van der Waals surface area contributed by atoms with Gasteiger partial charge in [-0.25, -0.2) is 4.39 Å². The minimum Gasteiger partial charge on any atom is -0.507 e. The van der Waals surface area contributed by atoms with Crippen molar-refractivity contribution in [2.75, 3.05) is 33.8 Å². The molecular weight excluding hydrogens is 423 g/mol. The first-order valence-electron chi connectivity index (χ1n) is 11.1. The third kappa shape index (κ3) is 4.93. The SMILES string of the molecule is CCOc1ccc(/C(O)=C2\C(=O)C(=O)N(CCN(C)C)C2c2ccccc2F)cc1C(C)C. The van der Waals surface area contributed by atoms with Crippen molar-refractivity contribution < 1.29 is 23.8 Å². The second kappa shape index (κ2) is 10.2. The molecule has 0 spiro atoms. The molecule has 0 bridgehead atoms. The molecule has 2 aromatic carbocycles. The van der Waals surface area contributed by atoms with E-state index in [9.17, 15) is 19.1 Å². The number of aliphatic hydroxyl groups is 1. The van der Waals surface area contributed by atoms with E-state index in [1.807, 2.05) is 39.8 Å². The van der Waals surface area contributed by atoms with Crippen LogP contribution in [0.5, 0.6) is 5.75 Å². The smallest absolute Gasteiger partial charge is 0.295 e. The Morgan fingerprint density at radius 3 is 2.48 bits per heavy atom. The van der Waals surface area contributed by atoms with Gasteiger partial charge < -0.3 is 19.6 Å². The molecule has 0 saturated carbocycles. The van der Waals surface area contributed by atoms with Gasteiger partial charge in [-0.15, -0.1) is 0 Å². The van der Waals surface area contributed by atoms with Crippen molar-refractivity contribution in [2.24, 2.45) is 0 Å². The number of hydrogen-bond donors (Lipinski definition) is 1. The number of carbonyl (C=O) groups is 2. The van der Waals surface area contributed by atoms with E-state index in [1.54, 1.807) is 36.4 Å². The summed E-state index contributed by atoms with van der Waals surface area (Å²) in [7, 11) is 3.70. The molecule has 1 N–H and O–H groups in total. The van der Waals surface area contributed by atoms with Crippen molar-refractivity contribution in [3.63, 3.8) is 0 Å². The number of amides is 1. The zero-order valence-corrected chi connectivity index (χ0v) is 19.8. The Morgan fingerprint density at radius 1 is 1.18 bits per heavy atom. The lowest BCUT2D eigenvalue weighted by Crippen LogP contribution is -2.35. The van der Waals surface area contributed by atoms with Crippen LogP contribution in [0, 0.1) is 5.82 Å². The summed E-state index contributed by atoms with van der Waals surface area (Å²) >= 11 is 0. The number of likely N-dealkylation sites (tertiary alicyclic amines) is 1. The van der Waals surface area contributed by atoms with Crippen LogP contribution in [0.3, 0.4) is 0 Å². The number of rotatable bonds is 8. The van der Waals surface area contributed by atoms with Crippen molar-refractivity contribution in [2.45, 2.75) is 32.7 Å². The van der Waals surface area contributed by atoms with E-state index in [4.69, 9.17) is 4.74 Å². The summed E-state index contributed by atoms with van der Waals surface area (Å²) in [6.07, 6.45) is 0. The van der Waals surface area contributed by atoms with Crippen molar-refractivity contribution in [1.29, 1.82) is 0 Å². The van der Waals surface area contributed by atoms with E-state index in [0.717, 1.165) is 5.56 Å². The fourth-order valence-electron chi connectivity index (χ4n) is 4.03. The van der Waals surface area contributed by atoms with Crippen LogP contribution < -0.4 is 4.74 Å². The van der Waals surface area contributed by atoms with Crippen LogP contribution in [0.2, 0.25) is 0 Å². The standard InChI is InChI=1S/C26H31FN2O4/c1-6-33-21-12-11-17(15-19(21)16(2)3)24(30)22-23(18-9-7-8-10-20(18)27)29(14-13-28(4)5)26(32)25(22)31/h7-12,15-16,23,30H,6,13-14H2,1-5H3/b24-22+. The molecule has 0 aromatic heterocycles. The van der Waals surface area contributed by atoms with E-state index in [0.29, 0.717) is 24.5 Å². The Bertz CT molecular complexity index is 1080. The summed E-state index contributed by atoms with van der Waals surface area (Å²) in [6, 6.07) is 10.2. The zero-order chi connectivity index (χ0) is 24.3. The van der Waals surface area contributed by atoms with Gasteiger partial charge in [-0.1, -0.05) is 32.0 Å². The second-order valence-electron chi connectivity index (χ2n) is 8.66. The average molecular weight is 455 g/mol. The number of ketones is 1. The number of nitrogens with zero attached hydrogens (tertiary/aromatic N) is 2. The van der Waals surface area contributed by atoms with Crippen LogP contribution in [-0.4, -0.2) is 60.4 Å². The number of halogens is 1. The minimum atomic E-state index is -1.01. The van der Waals surface area contributed by atoms with Gasteiger partial charge in [0.1, 0.15) is 17.3 Å². The van der Waals surface area contributed by atoms with Crippen molar-refractivity contribution in [3.8, 4) is 5.75 Å². The molecule has 1 heterocycles. The lowest BCUT2D eigenvalue weighted by atomic mass is 9.93. The van der Waals surface area contributed by atoms with Gasteiger partial charge >= 0.3 is 0 Å². The van der Waals surface area contributed by atoms with Gasteiger partial charge in [0.05, 0.1) is 18.2 Å². The summed E-state index contributed by atoms with van der Waals surface area (Å²) in [6.45, 7) is 7.09. The van der Waals surface area contributed by atoms with Gasteiger partial charge in [-0.3, -0.25) is 9.59 Å². The molecular formula is C26H31FN2O4. The largest absolute Gasteiger partial charge is 0.507 e. The zero-order valence-electron chi connectivity index (χ0n) is 19.8. The molecule has 33 heavy (non-hydrogen) atoms. The molecule has 176 valence electrons. The monoisotopic (exact) mass is 454 g/mol. The number of ether oxygens (including phenoxy) is 1. The normalized spacial score (nSPS) is 17.9. The molecule has 6 nitrogen and oxygen atoms in total. The summed E-state index contributed by atoms with van der Waals surface area (Å²) in [4.78, 5) is 29.2. The molecule has 3 rings (SSSR count). The predicted molar refractivity (Wildman–Crippen MR) is 126 cm³/mol. The van der Waals surface area contributed by atoms with Crippen molar-refractivity contribution >= 4 is 17.4 Å². The Kier molecular flexibility index (Phi) is 7.53. The second-order valence-corrected chi connectivity index (χ2v) is 8.66. The van der Waals surface area contributed by atoms with E-state index in [-0.39, 0.29) is 29.4 Å². The summed E-state index contributed by atoms with van der Waals surface area (Å²) in [5.74, 6) is -1.63. The Balaban J connectivity index is 2.19. The fraction of sp³-hybridized carbons (Fsp3) is 0.385. The lowest BCUT2D eigenvalue weighted by Gasteiger charge is -2.27. The lowest BCUT2D eigenvalue weighted by molar-refractivity contribution is -0.140. The third-order valence-electron chi connectivity index (χ3n) is 5.73. The predicted octanol–water partition coefficient (Wildman–Crippen LogP) is 4.33. The highest BCUT2D eigenvalue weighted by Crippen LogP contribution is 2.41. The highest BCUT2D eigenvalue weighted by molar-refractivity contribution is 6.46. The number of benzene rings is 2. The fourth-order valence-corrected chi connectivity index (χ4v) is 4.03. The maximum Gasteiger partial charge on any atom is 0.295 e. The molecule has 0 radical (unpaired) electrons. The maximum absolute atomic E-state index is 14.8. The molecule has 2 aromatic rings. The van der Waals surface area contributed by atoms with Gasteiger partial charge in [0.2, 0.25) is 0 Å². The summed E-state index contributed by atoms with van der Waals surface area (Å²) < 4.78 is 20.5. The summed E-state index contributed by atoms with van der Waals surface area (Å²) in [5.41, 5.74) is 1.31. The number of Topliss-reactive ketones (excluding diaryl/α,β-unsaturated/α-hetero) is 1. The van der Waals surface area contributed by atoms with Crippen molar-refractivity contribution in [1.82, 2.24) is 9.80 Å². The number of aliphatic hydroxyl groups excluding tert-OH is 1.